The molecule has 2 aliphatic rings. The van der Waals surface area contributed by atoms with Crippen molar-refractivity contribution in [3.8, 4) is 0 Å². The minimum Gasteiger partial charge on any atom is -0.477 e. The minimum absolute atomic E-state index is 0. The number of hydrogen-bond donors (Lipinski definition) is 2. The molecule has 2 aliphatic heterocycles. The number of nitrogens with two attached hydrogens (primary N) is 1. The summed E-state index contributed by atoms with van der Waals surface area (Å²) in [6.07, 6.45) is 0. The van der Waals surface area contributed by atoms with E-state index < -0.39 is 12.0 Å². The lowest BCUT2D eigenvalue weighted by Gasteiger charge is -2.48. The second kappa shape index (κ2) is 6.44. The SMILES string of the molecule is Cl.Cn1nnnc1SCC1=C(C(=O)O)N2C(=O)C(N)C2SC1. The number of carbonyl (C=O) groups excluding carboxylic acids is 1. The molecule has 1 fully saturated rings. The van der Waals surface area contributed by atoms with Gasteiger partial charge in [-0.05, 0) is 16.0 Å². The number of carboxylic acids is 1. The number of hydrogen-bond acceptors (Lipinski definition) is 8. The maximum absolute atomic E-state index is 11.8. The van der Waals surface area contributed by atoms with E-state index in [1.165, 1.54) is 33.1 Å². The molecule has 0 aliphatic carbocycles. The Kier molecular flexibility index (Phi) is 5.00. The van der Waals surface area contributed by atoms with Crippen molar-refractivity contribution in [2.45, 2.75) is 16.6 Å². The van der Waals surface area contributed by atoms with E-state index in [1.807, 2.05) is 0 Å². The smallest absolute Gasteiger partial charge is 0.352 e. The van der Waals surface area contributed by atoms with Crippen LogP contribution in [0.3, 0.4) is 0 Å². The fourth-order valence-corrected chi connectivity index (χ4v) is 4.47. The molecule has 120 valence electrons. The van der Waals surface area contributed by atoms with Crippen molar-refractivity contribution in [3.05, 3.63) is 11.3 Å². The number of aryl methyl sites for hydroxylation is 1. The van der Waals surface area contributed by atoms with Crippen LogP contribution in [0.25, 0.3) is 0 Å². The average molecular weight is 365 g/mol. The van der Waals surface area contributed by atoms with E-state index in [-0.39, 0.29) is 29.4 Å². The van der Waals surface area contributed by atoms with Gasteiger partial charge in [0.05, 0.1) is 0 Å². The highest BCUT2D eigenvalue weighted by molar-refractivity contribution is 8.01. The van der Waals surface area contributed by atoms with Crippen LogP contribution < -0.4 is 5.73 Å². The summed E-state index contributed by atoms with van der Waals surface area (Å²) in [5, 5.41) is 20.8. The lowest BCUT2D eigenvalue weighted by Crippen LogP contribution is -2.68. The number of carbonyl (C=O) groups is 2. The third kappa shape index (κ3) is 2.69. The Labute approximate surface area is 140 Å². The van der Waals surface area contributed by atoms with Crippen molar-refractivity contribution >= 4 is 47.8 Å². The summed E-state index contributed by atoms with van der Waals surface area (Å²) in [5.74, 6) is -0.504. The molecule has 0 spiro atoms. The molecule has 3 rings (SSSR count). The Morgan fingerprint density at radius 3 is 2.91 bits per heavy atom. The highest BCUT2D eigenvalue weighted by atomic mass is 35.5. The Hall–Kier alpha value is -1.30. The first-order valence-electron chi connectivity index (χ1n) is 6.01. The molecular weight excluding hydrogens is 352 g/mol. The number of halogens is 1. The van der Waals surface area contributed by atoms with Crippen molar-refractivity contribution < 1.29 is 14.7 Å². The third-order valence-electron chi connectivity index (χ3n) is 3.25. The fraction of sp³-hybridized carbons (Fsp3) is 0.500. The number of tetrazole rings is 1. The van der Waals surface area contributed by atoms with Crippen molar-refractivity contribution in [3.63, 3.8) is 0 Å². The van der Waals surface area contributed by atoms with Crippen LogP contribution in [-0.2, 0) is 16.6 Å². The molecule has 0 radical (unpaired) electrons. The van der Waals surface area contributed by atoms with Gasteiger partial charge in [-0.3, -0.25) is 9.69 Å². The van der Waals surface area contributed by atoms with Crippen LogP contribution in [0.5, 0.6) is 0 Å². The van der Waals surface area contributed by atoms with E-state index in [2.05, 4.69) is 15.5 Å². The van der Waals surface area contributed by atoms with Gasteiger partial charge in [-0.1, -0.05) is 11.8 Å². The van der Waals surface area contributed by atoms with Crippen LogP contribution >= 0.6 is 35.9 Å². The monoisotopic (exact) mass is 364 g/mol. The third-order valence-corrected chi connectivity index (χ3v) is 5.71. The molecule has 2 atom stereocenters. The van der Waals surface area contributed by atoms with E-state index in [9.17, 15) is 14.7 Å². The zero-order chi connectivity index (χ0) is 15.1. The van der Waals surface area contributed by atoms with Gasteiger partial charge in [0.25, 0.3) is 0 Å². The Balaban J connectivity index is 0.00000176. The predicted molar refractivity (Wildman–Crippen MR) is 82.5 cm³/mol. The highest BCUT2D eigenvalue weighted by Crippen LogP contribution is 2.40. The zero-order valence-corrected chi connectivity index (χ0v) is 13.8. The molecule has 3 heterocycles. The van der Waals surface area contributed by atoms with Crippen LogP contribution in [0.2, 0.25) is 0 Å². The van der Waals surface area contributed by atoms with E-state index in [4.69, 9.17) is 5.73 Å². The Bertz CT molecular complexity index is 650. The molecule has 0 aromatic carbocycles. The number of carboxylic acid groups (broad SMARTS) is 1. The molecule has 12 heteroatoms. The summed E-state index contributed by atoms with van der Waals surface area (Å²) >= 11 is 2.82. The molecule has 22 heavy (non-hydrogen) atoms. The van der Waals surface area contributed by atoms with Gasteiger partial charge >= 0.3 is 5.97 Å². The summed E-state index contributed by atoms with van der Waals surface area (Å²) in [6.45, 7) is 0. The summed E-state index contributed by atoms with van der Waals surface area (Å²) in [7, 11) is 1.71. The lowest BCUT2D eigenvalue weighted by molar-refractivity contribution is -0.147. The van der Waals surface area contributed by atoms with Crippen LogP contribution in [0.1, 0.15) is 0 Å². The number of thioether (sulfide) groups is 2. The molecule has 0 saturated carbocycles. The van der Waals surface area contributed by atoms with Crippen molar-refractivity contribution in [1.29, 1.82) is 0 Å². The molecule has 1 amide bonds. The quantitative estimate of drug-likeness (QED) is 0.526. The minimum atomic E-state index is -1.10. The standard InChI is InChI=1S/C10H12N6O3S2.ClH/c1-15-10(12-13-14-15)21-3-4-2-20-8-5(11)7(17)16(8)6(4)9(18)19;/h5,8H,2-3,11H2,1H3,(H,18,19);1H. The molecule has 2 unspecified atom stereocenters. The van der Waals surface area contributed by atoms with Gasteiger partial charge in [0.15, 0.2) is 0 Å². The van der Waals surface area contributed by atoms with Gasteiger partial charge in [-0.2, -0.15) is 0 Å². The van der Waals surface area contributed by atoms with E-state index in [0.717, 1.165) is 0 Å². The van der Waals surface area contributed by atoms with Crippen molar-refractivity contribution in [2.75, 3.05) is 11.5 Å². The zero-order valence-electron chi connectivity index (χ0n) is 11.4. The Morgan fingerprint density at radius 1 is 1.59 bits per heavy atom. The average Bonchev–Trinajstić information content (AvgIpc) is 2.88. The van der Waals surface area contributed by atoms with Gasteiger partial charge in [0.2, 0.25) is 11.1 Å². The normalized spacial score (nSPS) is 23.7. The van der Waals surface area contributed by atoms with E-state index in [0.29, 0.717) is 22.2 Å². The van der Waals surface area contributed by atoms with Gasteiger partial charge in [-0.25, -0.2) is 9.48 Å². The first-order valence-corrected chi connectivity index (χ1v) is 8.05. The lowest BCUT2D eigenvalue weighted by atomic mass is 10.0. The summed E-state index contributed by atoms with van der Waals surface area (Å²) < 4.78 is 1.51. The number of aliphatic carboxylic acids is 1. The molecule has 9 nitrogen and oxygen atoms in total. The molecule has 1 saturated heterocycles. The van der Waals surface area contributed by atoms with Crippen LogP contribution in [0.15, 0.2) is 16.4 Å². The van der Waals surface area contributed by atoms with E-state index in [1.54, 1.807) is 7.05 Å². The maximum Gasteiger partial charge on any atom is 0.352 e. The number of β-lactam (4-membered cyclic amide) rings is 1. The molecule has 1 aromatic rings. The summed E-state index contributed by atoms with van der Waals surface area (Å²) in [6, 6.07) is -0.610. The van der Waals surface area contributed by atoms with Crippen LogP contribution in [0.4, 0.5) is 0 Å². The van der Waals surface area contributed by atoms with Gasteiger partial charge in [0.1, 0.15) is 17.1 Å². The predicted octanol–water partition coefficient (Wildman–Crippen LogP) is -0.695. The molecule has 1 aromatic heterocycles. The Morgan fingerprint density at radius 2 is 2.32 bits per heavy atom. The maximum atomic E-state index is 11.8. The topological polar surface area (TPSA) is 127 Å². The number of aromatic nitrogens is 4. The second-order valence-corrected chi connectivity index (χ2v) is 6.61. The first kappa shape index (κ1) is 17.1. The molecular formula is C10H13ClN6O3S2. The van der Waals surface area contributed by atoms with Crippen molar-refractivity contribution in [2.24, 2.45) is 12.8 Å². The number of nitrogens with zero attached hydrogens (tertiary/aromatic N) is 5. The molecule has 3 N–H and O–H groups in total. The summed E-state index contributed by atoms with van der Waals surface area (Å²) in [4.78, 5) is 24.6. The van der Waals surface area contributed by atoms with E-state index >= 15 is 0 Å². The van der Waals surface area contributed by atoms with Gasteiger partial charge in [-0.15, -0.1) is 29.3 Å². The number of fused-ring (bicyclic) bond motifs is 1. The van der Waals surface area contributed by atoms with Gasteiger partial charge in [0, 0.05) is 18.6 Å². The second-order valence-electron chi connectivity index (χ2n) is 4.57. The van der Waals surface area contributed by atoms with Gasteiger partial charge < -0.3 is 10.8 Å². The fourth-order valence-electron chi connectivity index (χ4n) is 2.19. The summed E-state index contributed by atoms with van der Waals surface area (Å²) in [5.41, 5.74) is 6.42. The van der Waals surface area contributed by atoms with Crippen LogP contribution in [0, 0.1) is 0 Å². The first-order chi connectivity index (χ1) is 10.0. The number of rotatable bonds is 4. The van der Waals surface area contributed by atoms with Crippen LogP contribution in [-0.4, -0.2) is 65.0 Å². The number of amides is 1. The van der Waals surface area contributed by atoms with Crippen molar-refractivity contribution in [1.82, 2.24) is 25.1 Å². The highest BCUT2D eigenvalue weighted by Gasteiger charge is 2.51. The molecule has 0 bridgehead atoms. The largest absolute Gasteiger partial charge is 0.477 e.